The van der Waals surface area contributed by atoms with Crippen LogP contribution >= 0.6 is 11.8 Å². The topological polar surface area (TPSA) is 104 Å². The molecule has 1 aromatic rings. The minimum absolute atomic E-state index is 0.0584. The van der Waals surface area contributed by atoms with Crippen LogP contribution in [-0.4, -0.2) is 60.8 Å². The first-order valence-corrected chi connectivity index (χ1v) is 11.3. The molecular weight excluding hydrogens is 376 g/mol. The minimum Gasteiger partial charge on any atom is -0.480 e. The lowest BCUT2D eigenvalue weighted by molar-refractivity contribution is -0.139. The number of carboxylic acid groups (broad SMARTS) is 1. The second-order valence-corrected chi connectivity index (χ2v) is 9.06. The van der Waals surface area contributed by atoms with E-state index in [4.69, 9.17) is 0 Å². The van der Waals surface area contributed by atoms with Gasteiger partial charge < -0.3 is 10.4 Å². The van der Waals surface area contributed by atoms with Crippen molar-refractivity contribution in [2.45, 2.75) is 36.6 Å². The molecule has 9 heteroatoms. The fraction of sp³-hybridized carbons (Fsp3) is 0.529. The first kappa shape index (κ1) is 20.7. The van der Waals surface area contributed by atoms with Gasteiger partial charge in [-0.2, -0.15) is 16.1 Å². The monoisotopic (exact) mass is 400 g/mol. The third kappa shape index (κ3) is 5.21. The lowest BCUT2D eigenvalue weighted by atomic mass is 10.1. The molecule has 1 saturated heterocycles. The van der Waals surface area contributed by atoms with Gasteiger partial charge in [0, 0.05) is 18.7 Å². The molecule has 26 heavy (non-hydrogen) atoms. The number of nitrogens with one attached hydrogen (secondary N) is 1. The van der Waals surface area contributed by atoms with Crippen LogP contribution in [-0.2, 0) is 14.8 Å². The summed E-state index contributed by atoms with van der Waals surface area (Å²) in [5, 5.41) is 11.7. The van der Waals surface area contributed by atoms with Gasteiger partial charge >= 0.3 is 5.97 Å². The quantitative estimate of drug-likeness (QED) is 0.690. The summed E-state index contributed by atoms with van der Waals surface area (Å²) >= 11 is 1.49. The van der Waals surface area contributed by atoms with Crippen molar-refractivity contribution < 1.29 is 23.1 Å². The summed E-state index contributed by atoms with van der Waals surface area (Å²) in [7, 11) is -3.64. The molecule has 1 heterocycles. The number of carbonyl (C=O) groups excluding carboxylic acids is 1. The van der Waals surface area contributed by atoms with E-state index in [1.54, 1.807) is 0 Å². The first-order chi connectivity index (χ1) is 12.4. The molecule has 1 aromatic carbocycles. The van der Waals surface area contributed by atoms with Gasteiger partial charge in [0.05, 0.1) is 4.90 Å². The van der Waals surface area contributed by atoms with Crippen molar-refractivity contribution in [1.82, 2.24) is 9.62 Å². The number of carboxylic acids is 1. The summed E-state index contributed by atoms with van der Waals surface area (Å²) in [4.78, 5) is 23.7. The Morgan fingerprint density at radius 3 is 2.58 bits per heavy atom. The van der Waals surface area contributed by atoms with Crippen LogP contribution in [0.5, 0.6) is 0 Å². The largest absolute Gasteiger partial charge is 0.480 e. The van der Waals surface area contributed by atoms with Crippen molar-refractivity contribution in [2.24, 2.45) is 0 Å². The van der Waals surface area contributed by atoms with E-state index in [0.717, 1.165) is 19.3 Å². The molecule has 1 fully saturated rings. The van der Waals surface area contributed by atoms with Crippen molar-refractivity contribution in [1.29, 1.82) is 0 Å². The van der Waals surface area contributed by atoms with E-state index in [-0.39, 0.29) is 10.5 Å². The number of nitrogens with zero attached hydrogens (tertiary/aromatic N) is 1. The molecular formula is C17H24N2O5S2. The maximum atomic E-state index is 12.7. The van der Waals surface area contributed by atoms with Gasteiger partial charge in [-0.3, -0.25) is 4.79 Å². The summed E-state index contributed by atoms with van der Waals surface area (Å²) in [6.45, 7) is 0.961. The van der Waals surface area contributed by atoms with Crippen LogP contribution in [0.4, 0.5) is 0 Å². The summed E-state index contributed by atoms with van der Waals surface area (Å²) in [5.74, 6) is -1.10. The lowest BCUT2D eigenvalue weighted by Crippen LogP contribution is -2.41. The molecule has 1 aliphatic rings. The van der Waals surface area contributed by atoms with Gasteiger partial charge in [-0.25, -0.2) is 13.2 Å². The maximum absolute atomic E-state index is 12.7. The van der Waals surface area contributed by atoms with Crippen LogP contribution in [0, 0.1) is 0 Å². The van der Waals surface area contributed by atoms with Gasteiger partial charge in [-0.15, -0.1) is 0 Å². The summed E-state index contributed by atoms with van der Waals surface area (Å²) < 4.78 is 26.9. The molecule has 0 radical (unpaired) electrons. The number of hydrogen-bond acceptors (Lipinski definition) is 5. The Morgan fingerprint density at radius 2 is 1.96 bits per heavy atom. The zero-order valence-electron chi connectivity index (χ0n) is 14.7. The number of amides is 1. The highest BCUT2D eigenvalue weighted by Gasteiger charge is 2.27. The lowest BCUT2D eigenvalue weighted by Gasteiger charge is -2.26. The molecule has 0 bridgehead atoms. The van der Waals surface area contributed by atoms with Crippen LogP contribution in [0.3, 0.4) is 0 Å². The smallest absolute Gasteiger partial charge is 0.326 e. The van der Waals surface area contributed by atoms with Crippen LogP contribution in [0.15, 0.2) is 29.2 Å². The Morgan fingerprint density at radius 1 is 1.27 bits per heavy atom. The number of benzene rings is 1. The van der Waals surface area contributed by atoms with Gasteiger partial charge in [0.15, 0.2) is 0 Å². The van der Waals surface area contributed by atoms with Gasteiger partial charge in [-0.1, -0.05) is 12.5 Å². The van der Waals surface area contributed by atoms with E-state index >= 15 is 0 Å². The van der Waals surface area contributed by atoms with Gasteiger partial charge in [0.25, 0.3) is 5.91 Å². The van der Waals surface area contributed by atoms with E-state index in [1.165, 1.54) is 40.3 Å². The Bertz CT molecular complexity index is 745. The Hall–Kier alpha value is -1.58. The van der Waals surface area contributed by atoms with E-state index in [1.807, 2.05) is 6.26 Å². The molecule has 1 amide bonds. The predicted molar refractivity (Wildman–Crippen MR) is 101 cm³/mol. The van der Waals surface area contributed by atoms with Crippen LogP contribution in [0.25, 0.3) is 0 Å². The first-order valence-electron chi connectivity index (χ1n) is 8.49. The average molecular weight is 401 g/mol. The van der Waals surface area contributed by atoms with Gasteiger partial charge in [0.1, 0.15) is 6.04 Å². The Kier molecular flexibility index (Phi) is 7.48. The third-order valence-electron chi connectivity index (χ3n) is 4.26. The molecule has 0 spiro atoms. The molecule has 1 atom stereocenters. The molecule has 0 aromatic heterocycles. The molecule has 0 aliphatic carbocycles. The Balaban J connectivity index is 2.17. The molecule has 1 aliphatic heterocycles. The number of sulfonamides is 1. The predicted octanol–water partition coefficient (Wildman–Crippen LogP) is 1.80. The van der Waals surface area contributed by atoms with Crippen molar-refractivity contribution in [3.63, 3.8) is 0 Å². The summed E-state index contributed by atoms with van der Waals surface area (Å²) in [6.07, 6.45) is 4.83. The summed E-state index contributed by atoms with van der Waals surface area (Å²) in [6, 6.07) is 4.76. The van der Waals surface area contributed by atoms with Crippen LogP contribution < -0.4 is 5.32 Å². The fourth-order valence-corrected chi connectivity index (χ4v) is 4.82. The van der Waals surface area contributed by atoms with Crippen LogP contribution in [0.1, 0.15) is 36.0 Å². The molecule has 7 nitrogen and oxygen atoms in total. The zero-order chi connectivity index (χ0) is 19.2. The van der Waals surface area contributed by atoms with E-state index in [9.17, 15) is 23.1 Å². The molecule has 144 valence electrons. The van der Waals surface area contributed by atoms with Gasteiger partial charge in [-0.05, 0) is 49.5 Å². The number of thioether (sulfide) groups is 1. The minimum atomic E-state index is -3.64. The molecule has 0 unspecified atom stereocenters. The highest BCUT2D eigenvalue weighted by Crippen LogP contribution is 2.21. The van der Waals surface area contributed by atoms with E-state index < -0.39 is 27.9 Å². The number of carbonyl (C=O) groups is 2. The highest BCUT2D eigenvalue weighted by molar-refractivity contribution is 7.98. The number of piperidine rings is 1. The van der Waals surface area contributed by atoms with E-state index in [2.05, 4.69) is 5.32 Å². The van der Waals surface area contributed by atoms with Gasteiger partial charge in [0.2, 0.25) is 10.0 Å². The SMILES string of the molecule is CSCC[C@H](NC(=O)c1cccc(S(=O)(=O)N2CCCCC2)c1)C(=O)O. The average Bonchev–Trinajstić information content (AvgIpc) is 2.65. The second-order valence-electron chi connectivity index (χ2n) is 6.14. The zero-order valence-corrected chi connectivity index (χ0v) is 16.3. The molecule has 2 N–H and O–H groups in total. The van der Waals surface area contributed by atoms with Crippen molar-refractivity contribution in [2.75, 3.05) is 25.1 Å². The fourth-order valence-electron chi connectivity index (χ4n) is 2.79. The van der Waals surface area contributed by atoms with Crippen molar-refractivity contribution in [3.05, 3.63) is 29.8 Å². The number of aliphatic carboxylic acids is 1. The number of rotatable bonds is 8. The molecule has 2 rings (SSSR count). The normalized spacial score (nSPS) is 16.8. The second kappa shape index (κ2) is 9.38. The van der Waals surface area contributed by atoms with Crippen molar-refractivity contribution >= 4 is 33.7 Å². The van der Waals surface area contributed by atoms with Crippen LogP contribution in [0.2, 0.25) is 0 Å². The summed E-state index contributed by atoms with van der Waals surface area (Å²) in [5.41, 5.74) is 0.137. The molecule has 0 saturated carbocycles. The standard InChI is InChI=1S/C17H24N2O5S2/c1-25-11-8-15(17(21)22)18-16(20)13-6-5-7-14(12-13)26(23,24)19-9-3-2-4-10-19/h5-7,12,15H,2-4,8-11H2,1H3,(H,18,20)(H,21,22)/t15-/m0/s1. The highest BCUT2D eigenvalue weighted by atomic mass is 32.2. The van der Waals surface area contributed by atoms with Crippen molar-refractivity contribution in [3.8, 4) is 0 Å². The number of hydrogen-bond donors (Lipinski definition) is 2. The maximum Gasteiger partial charge on any atom is 0.326 e. The Labute approximate surface area is 158 Å². The van der Waals surface area contributed by atoms with E-state index in [0.29, 0.717) is 25.3 Å². The third-order valence-corrected chi connectivity index (χ3v) is 6.80.